The van der Waals surface area contributed by atoms with Gasteiger partial charge in [0, 0.05) is 0 Å². The summed E-state index contributed by atoms with van der Waals surface area (Å²) in [5, 5.41) is 0. The lowest BCUT2D eigenvalue weighted by atomic mass is 11.5. The Balaban J connectivity index is 2.73. The van der Waals surface area contributed by atoms with E-state index in [9.17, 15) is 0 Å². The SMILES string of the molecule is CNNNNNNNNNNN. The van der Waals surface area contributed by atoms with Gasteiger partial charge in [-0.25, -0.2) is 5.43 Å². The van der Waals surface area contributed by atoms with Gasteiger partial charge in [0.2, 0.25) is 0 Å². The first-order chi connectivity index (χ1) is 5.91. The number of hydrogen-bond acceptors (Lipinski definition) is 11. The van der Waals surface area contributed by atoms with Crippen LogP contribution in [0.5, 0.6) is 0 Å². The maximum atomic E-state index is 4.85. The van der Waals surface area contributed by atoms with Gasteiger partial charge in [-0.1, -0.05) is 0 Å². The van der Waals surface area contributed by atoms with Crippen molar-refractivity contribution in [2.45, 2.75) is 0 Å². The first-order valence-corrected chi connectivity index (χ1v) is 3.04. The summed E-state index contributed by atoms with van der Waals surface area (Å²) < 4.78 is 0. The van der Waals surface area contributed by atoms with Gasteiger partial charge in [-0.05, 0) is 7.05 Å². The van der Waals surface area contributed by atoms with Crippen LogP contribution in [0.4, 0.5) is 0 Å². The number of rotatable bonds is 9. The standard InChI is InChI=1S/CH15N11/c1-3-5-7-9-11-12-10-8-6-4-2/h3-12H,2H2,1H3. The molecule has 0 aromatic heterocycles. The average molecular weight is 181 g/mol. The van der Waals surface area contributed by atoms with Crippen LogP contribution in [0.1, 0.15) is 0 Å². The highest BCUT2D eigenvalue weighted by molar-refractivity contribution is 4.13. The monoisotopic (exact) mass is 181 g/mol. The zero-order valence-corrected chi connectivity index (χ0v) is 6.58. The minimum atomic E-state index is 1.71. The Kier molecular flexibility index (Phi) is 10.2. The van der Waals surface area contributed by atoms with E-state index < -0.39 is 0 Å². The van der Waals surface area contributed by atoms with Crippen molar-refractivity contribution in [3.05, 3.63) is 0 Å². The van der Waals surface area contributed by atoms with Gasteiger partial charge in [0.15, 0.2) is 0 Å². The van der Waals surface area contributed by atoms with Crippen molar-refractivity contribution in [2.24, 2.45) is 5.84 Å². The molecule has 0 bridgehead atoms. The summed E-state index contributed by atoms with van der Waals surface area (Å²) in [6.45, 7) is 0. The van der Waals surface area contributed by atoms with Crippen LogP contribution in [0, 0.1) is 0 Å². The van der Waals surface area contributed by atoms with E-state index in [4.69, 9.17) is 5.84 Å². The Hall–Kier alpha value is -0.440. The maximum absolute atomic E-state index is 4.85. The highest BCUT2D eigenvalue weighted by Gasteiger charge is 1.78. The van der Waals surface area contributed by atoms with Crippen LogP contribution >= 0.6 is 0 Å². The lowest BCUT2D eigenvalue weighted by Gasteiger charge is -2.11. The zero-order valence-electron chi connectivity index (χ0n) is 6.58. The predicted molar refractivity (Wildman–Crippen MR) is 41.5 cm³/mol. The quantitative estimate of drug-likeness (QED) is 0.0941. The molecule has 0 aliphatic heterocycles. The van der Waals surface area contributed by atoms with Crippen LogP contribution in [0.3, 0.4) is 0 Å². The molecule has 0 aliphatic carbocycles. The Bertz CT molecular complexity index is 61.4. The highest BCUT2D eigenvalue weighted by Crippen LogP contribution is 1.25. The molecule has 0 rings (SSSR count). The highest BCUT2D eigenvalue weighted by atomic mass is 15.9. The fourth-order valence-corrected chi connectivity index (χ4v) is 0.286. The van der Waals surface area contributed by atoms with Gasteiger partial charge in [-0.3, -0.25) is 5.84 Å². The number of nitrogens with two attached hydrogens (primary N) is 1. The van der Waals surface area contributed by atoms with Crippen LogP contribution in [-0.2, 0) is 0 Å². The zero-order chi connectivity index (χ0) is 9.07. The third kappa shape index (κ3) is 9.56. The maximum Gasteiger partial charge on any atom is -0.000111 e. The minimum absolute atomic E-state index is 1.71. The molecular weight excluding hydrogens is 166 g/mol. The number of hydrogen-bond donors (Lipinski definition) is 11. The first-order valence-electron chi connectivity index (χ1n) is 3.04. The topological polar surface area (TPSA) is 146 Å². The summed E-state index contributed by atoms with van der Waals surface area (Å²) in [5.74, 6) is 4.85. The van der Waals surface area contributed by atoms with E-state index >= 15 is 0 Å². The molecule has 0 saturated carbocycles. The van der Waals surface area contributed by atoms with Crippen LogP contribution in [-0.4, -0.2) is 7.05 Å². The Morgan fingerprint density at radius 2 is 1.08 bits per heavy atom. The Morgan fingerprint density at radius 3 is 1.50 bits per heavy atom. The number of hydrazine groups is 10. The molecule has 11 heteroatoms. The van der Waals surface area contributed by atoms with Crippen molar-refractivity contribution in [2.75, 3.05) is 7.05 Å². The van der Waals surface area contributed by atoms with Crippen molar-refractivity contribution in [1.82, 2.24) is 55.2 Å². The van der Waals surface area contributed by atoms with Gasteiger partial charge >= 0.3 is 0 Å². The largest absolute Gasteiger partial charge is 0.257 e. The fourth-order valence-electron chi connectivity index (χ4n) is 0.286. The van der Waals surface area contributed by atoms with Gasteiger partial charge < -0.3 is 0 Å². The van der Waals surface area contributed by atoms with E-state index in [1.54, 1.807) is 7.05 Å². The molecular formula is CH15N11. The van der Waals surface area contributed by atoms with E-state index in [0.29, 0.717) is 0 Å². The average Bonchev–Trinajstić information content (AvgIpc) is 2.10. The summed E-state index contributed by atoms with van der Waals surface area (Å²) in [6.07, 6.45) is 0. The summed E-state index contributed by atoms with van der Waals surface area (Å²) in [6, 6.07) is 0. The van der Waals surface area contributed by atoms with E-state index in [1.165, 1.54) is 0 Å². The molecule has 0 saturated heterocycles. The van der Waals surface area contributed by atoms with Crippen molar-refractivity contribution >= 4 is 0 Å². The molecule has 11 nitrogen and oxygen atoms in total. The molecule has 74 valence electrons. The Morgan fingerprint density at radius 1 is 0.667 bits per heavy atom. The third-order valence-electron chi connectivity index (χ3n) is 0.635. The molecule has 0 unspecified atom stereocenters. The molecule has 12 N–H and O–H groups in total. The van der Waals surface area contributed by atoms with Crippen molar-refractivity contribution in [3.8, 4) is 0 Å². The molecule has 0 atom stereocenters. The van der Waals surface area contributed by atoms with Gasteiger partial charge in [-0.2, -0.15) is 49.8 Å². The van der Waals surface area contributed by atoms with Gasteiger partial charge in [-0.15, -0.1) is 0 Å². The van der Waals surface area contributed by atoms with Crippen molar-refractivity contribution in [1.29, 1.82) is 0 Å². The summed E-state index contributed by atoms with van der Waals surface area (Å²) >= 11 is 0. The second-order valence-electron chi connectivity index (χ2n) is 1.39. The number of nitrogens with one attached hydrogen (secondary N) is 10. The minimum Gasteiger partial charge on any atom is -0.257 e. The van der Waals surface area contributed by atoms with Crippen LogP contribution < -0.4 is 61.1 Å². The second kappa shape index (κ2) is 10.6. The van der Waals surface area contributed by atoms with E-state index in [1.807, 2.05) is 0 Å². The Labute approximate surface area is 69.3 Å². The normalized spacial score (nSPS) is 10.5. The summed E-state index contributed by atoms with van der Waals surface area (Å²) in [5.41, 5.74) is 24.4. The summed E-state index contributed by atoms with van der Waals surface area (Å²) in [7, 11) is 1.71. The molecule has 0 aromatic rings. The van der Waals surface area contributed by atoms with Gasteiger partial charge in [0.25, 0.3) is 0 Å². The van der Waals surface area contributed by atoms with E-state index in [0.717, 1.165) is 0 Å². The first kappa shape index (κ1) is 11.6. The smallest absolute Gasteiger partial charge is 0.000111 e. The van der Waals surface area contributed by atoms with Crippen LogP contribution in [0.15, 0.2) is 0 Å². The molecule has 0 fully saturated rings. The van der Waals surface area contributed by atoms with Gasteiger partial charge in [0.05, 0.1) is 0 Å². The molecule has 0 aliphatic rings. The van der Waals surface area contributed by atoms with Crippen molar-refractivity contribution < 1.29 is 0 Å². The van der Waals surface area contributed by atoms with E-state index in [-0.39, 0.29) is 0 Å². The molecule has 0 radical (unpaired) electrons. The lowest BCUT2D eigenvalue weighted by Crippen LogP contribution is -2.65. The summed E-state index contributed by atoms with van der Waals surface area (Å²) in [4.78, 5) is 0. The molecule has 12 heavy (non-hydrogen) atoms. The third-order valence-corrected chi connectivity index (χ3v) is 0.635. The molecule has 0 heterocycles. The molecule has 0 amide bonds. The van der Waals surface area contributed by atoms with E-state index in [2.05, 4.69) is 55.2 Å². The van der Waals surface area contributed by atoms with Crippen LogP contribution in [0.2, 0.25) is 0 Å². The molecule has 0 aromatic carbocycles. The second-order valence-corrected chi connectivity index (χ2v) is 1.39. The fraction of sp³-hybridized carbons (Fsp3) is 1.00. The predicted octanol–water partition coefficient (Wildman–Crippen LogP) is -5.38. The van der Waals surface area contributed by atoms with Crippen LogP contribution in [0.25, 0.3) is 0 Å². The molecule has 0 spiro atoms. The lowest BCUT2D eigenvalue weighted by molar-refractivity contribution is 0.236. The van der Waals surface area contributed by atoms with Crippen molar-refractivity contribution in [3.63, 3.8) is 0 Å². The van der Waals surface area contributed by atoms with Gasteiger partial charge in [0.1, 0.15) is 0 Å².